The molecule has 3 rings (SSSR count). The normalized spacial score (nSPS) is 15.5. The van der Waals surface area contributed by atoms with Crippen molar-refractivity contribution in [3.63, 3.8) is 0 Å². The molecule has 1 atom stereocenters. The highest BCUT2D eigenvalue weighted by molar-refractivity contribution is 7.80. The van der Waals surface area contributed by atoms with Gasteiger partial charge in [0.15, 0.2) is 5.11 Å². The van der Waals surface area contributed by atoms with Crippen LogP contribution in [-0.4, -0.2) is 59.0 Å². The first-order valence-electron chi connectivity index (χ1n) is 10.7. The van der Waals surface area contributed by atoms with Crippen LogP contribution in [0.25, 0.3) is 0 Å². The van der Waals surface area contributed by atoms with Crippen molar-refractivity contribution < 1.29 is 23.9 Å². The van der Waals surface area contributed by atoms with Gasteiger partial charge < -0.3 is 19.7 Å². The number of methoxy groups -OCH3 is 1. The highest BCUT2D eigenvalue weighted by Gasteiger charge is 2.42. The second-order valence-electron chi connectivity index (χ2n) is 7.41. The topological polar surface area (TPSA) is 88.2 Å². The fourth-order valence-electron chi connectivity index (χ4n) is 3.58. The molecule has 0 spiro atoms. The van der Waals surface area contributed by atoms with Crippen molar-refractivity contribution in [1.29, 1.82) is 0 Å². The van der Waals surface area contributed by atoms with E-state index in [2.05, 4.69) is 5.32 Å². The number of nitrogens with zero attached hydrogens (tertiary/aromatic N) is 2. The minimum atomic E-state index is -0.696. The van der Waals surface area contributed by atoms with Gasteiger partial charge in [-0.1, -0.05) is 12.1 Å². The minimum absolute atomic E-state index is 0.0503. The predicted octanol–water partition coefficient (Wildman–Crippen LogP) is 3.22. The van der Waals surface area contributed by atoms with Gasteiger partial charge in [-0.2, -0.15) is 0 Å². The molecule has 0 bridgehead atoms. The number of anilines is 1. The van der Waals surface area contributed by atoms with E-state index < -0.39 is 12.0 Å². The summed E-state index contributed by atoms with van der Waals surface area (Å²) in [5.41, 5.74) is 1.87. The number of hydrogen-bond donors (Lipinski definition) is 1. The number of esters is 1. The zero-order chi connectivity index (χ0) is 24.0. The smallest absolute Gasteiger partial charge is 0.338 e. The molecule has 0 radical (unpaired) electrons. The second-order valence-corrected chi connectivity index (χ2v) is 7.77. The Kier molecular flexibility index (Phi) is 8.00. The summed E-state index contributed by atoms with van der Waals surface area (Å²) in [6.07, 6.45) is -0.0503. The van der Waals surface area contributed by atoms with E-state index in [0.29, 0.717) is 29.5 Å². The number of rotatable bonds is 9. The molecule has 33 heavy (non-hydrogen) atoms. The van der Waals surface area contributed by atoms with Gasteiger partial charge >= 0.3 is 5.97 Å². The van der Waals surface area contributed by atoms with Crippen LogP contribution in [0.2, 0.25) is 0 Å². The minimum Gasteiger partial charge on any atom is -0.497 e. The van der Waals surface area contributed by atoms with E-state index >= 15 is 0 Å². The van der Waals surface area contributed by atoms with E-state index in [4.69, 9.17) is 21.7 Å². The molecule has 2 aromatic carbocycles. The molecule has 174 valence electrons. The van der Waals surface area contributed by atoms with Crippen molar-refractivity contribution in [3.8, 4) is 5.75 Å². The molecule has 1 saturated heterocycles. The molecule has 1 N–H and O–H groups in total. The first kappa shape index (κ1) is 24.2. The van der Waals surface area contributed by atoms with Crippen LogP contribution in [-0.2, 0) is 20.9 Å². The first-order valence-corrected chi connectivity index (χ1v) is 11.1. The third-order valence-corrected chi connectivity index (χ3v) is 5.75. The van der Waals surface area contributed by atoms with Crippen molar-refractivity contribution in [1.82, 2.24) is 9.80 Å². The number of likely N-dealkylation sites (N-methyl/N-ethyl adjacent to an activating group) is 1. The van der Waals surface area contributed by atoms with Crippen LogP contribution in [0, 0.1) is 0 Å². The van der Waals surface area contributed by atoms with E-state index in [1.165, 1.54) is 4.90 Å². The number of carbonyl (C=O) groups excluding carboxylic acids is 3. The van der Waals surface area contributed by atoms with Crippen molar-refractivity contribution in [2.24, 2.45) is 0 Å². The summed E-state index contributed by atoms with van der Waals surface area (Å²) in [6.45, 7) is 4.71. The lowest BCUT2D eigenvalue weighted by atomic mass is 10.1. The molecule has 8 nitrogen and oxygen atoms in total. The summed E-state index contributed by atoms with van der Waals surface area (Å²) >= 11 is 5.54. The highest BCUT2D eigenvalue weighted by atomic mass is 32.1. The van der Waals surface area contributed by atoms with Gasteiger partial charge in [0, 0.05) is 18.8 Å². The molecule has 1 aliphatic rings. The van der Waals surface area contributed by atoms with Gasteiger partial charge in [-0.3, -0.25) is 14.5 Å². The summed E-state index contributed by atoms with van der Waals surface area (Å²) in [7, 11) is 1.60. The number of nitrogens with one attached hydrogen (secondary N) is 1. The average molecular weight is 470 g/mol. The lowest BCUT2D eigenvalue weighted by Crippen LogP contribution is -2.37. The van der Waals surface area contributed by atoms with Crippen LogP contribution >= 0.6 is 12.2 Å². The van der Waals surface area contributed by atoms with E-state index in [1.54, 1.807) is 43.2 Å². The van der Waals surface area contributed by atoms with Gasteiger partial charge in [-0.15, -0.1) is 0 Å². The van der Waals surface area contributed by atoms with Crippen LogP contribution in [0.5, 0.6) is 5.75 Å². The Balaban J connectivity index is 1.70. The van der Waals surface area contributed by atoms with Crippen molar-refractivity contribution in [3.05, 3.63) is 59.7 Å². The van der Waals surface area contributed by atoms with Gasteiger partial charge in [0.25, 0.3) is 5.91 Å². The Bertz CT molecular complexity index is 1020. The zero-order valence-corrected chi connectivity index (χ0v) is 19.7. The maximum absolute atomic E-state index is 13.0. The van der Waals surface area contributed by atoms with E-state index in [0.717, 1.165) is 11.3 Å². The molecular weight excluding hydrogens is 442 g/mol. The number of carbonyl (C=O) groups is 3. The number of hydrogen-bond acceptors (Lipinski definition) is 6. The van der Waals surface area contributed by atoms with Gasteiger partial charge in [0.05, 0.1) is 25.7 Å². The first-order chi connectivity index (χ1) is 15.9. The summed E-state index contributed by atoms with van der Waals surface area (Å²) in [5, 5.41) is 3.20. The molecule has 0 aromatic heterocycles. The average Bonchev–Trinajstić information content (AvgIpc) is 3.03. The van der Waals surface area contributed by atoms with Crippen LogP contribution in [0.4, 0.5) is 5.69 Å². The van der Waals surface area contributed by atoms with Crippen LogP contribution in [0.1, 0.15) is 36.2 Å². The molecule has 1 heterocycles. The Morgan fingerprint density at radius 2 is 1.73 bits per heavy atom. The van der Waals surface area contributed by atoms with Gasteiger partial charge in [0.2, 0.25) is 5.91 Å². The number of ether oxygens (including phenoxy) is 2. The molecule has 0 unspecified atom stereocenters. The summed E-state index contributed by atoms with van der Waals surface area (Å²) in [5.74, 6) is -0.199. The Labute approximate surface area is 198 Å². The summed E-state index contributed by atoms with van der Waals surface area (Å²) in [4.78, 5) is 40.8. The maximum atomic E-state index is 13.0. The number of thiocarbonyl (C=S) groups is 1. The van der Waals surface area contributed by atoms with Gasteiger partial charge in [-0.05, 0) is 68.0 Å². The quantitative estimate of drug-likeness (QED) is 0.446. The van der Waals surface area contributed by atoms with E-state index in [-0.39, 0.29) is 24.8 Å². The predicted molar refractivity (Wildman–Crippen MR) is 128 cm³/mol. The van der Waals surface area contributed by atoms with E-state index in [9.17, 15) is 14.4 Å². The fraction of sp³-hybridized carbons (Fsp3) is 0.333. The zero-order valence-electron chi connectivity index (χ0n) is 18.9. The highest BCUT2D eigenvalue weighted by Crippen LogP contribution is 2.24. The van der Waals surface area contributed by atoms with E-state index in [1.807, 2.05) is 31.2 Å². The number of amides is 2. The van der Waals surface area contributed by atoms with Crippen LogP contribution in [0.3, 0.4) is 0 Å². The second kappa shape index (κ2) is 10.9. The molecule has 0 aliphatic carbocycles. The Morgan fingerprint density at radius 1 is 1.06 bits per heavy atom. The van der Waals surface area contributed by atoms with Gasteiger partial charge in [0.1, 0.15) is 11.8 Å². The lowest BCUT2D eigenvalue weighted by Gasteiger charge is -2.24. The van der Waals surface area contributed by atoms with Crippen LogP contribution < -0.4 is 10.1 Å². The van der Waals surface area contributed by atoms with Gasteiger partial charge in [-0.25, -0.2) is 4.79 Å². The SMILES string of the molecule is CCOC(=O)c1ccc(NC(=O)C[C@@H]2C(=O)N(CC)C(=S)N2Cc2ccc(OC)cc2)cc1. The molecule has 0 saturated carbocycles. The monoisotopic (exact) mass is 469 g/mol. The summed E-state index contributed by atoms with van der Waals surface area (Å²) in [6, 6.07) is 13.2. The molecule has 1 fully saturated rings. The molecule has 2 aromatic rings. The van der Waals surface area contributed by atoms with Crippen molar-refractivity contribution >= 4 is 40.8 Å². The van der Waals surface area contributed by atoms with Crippen LogP contribution in [0.15, 0.2) is 48.5 Å². The fourth-order valence-corrected chi connectivity index (χ4v) is 3.99. The Morgan fingerprint density at radius 3 is 2.30 bits per heavy atom. The molecule has 2 amide bonds. The molecule has 1 aliphatic heterocycles. The lowest BCUT2D eigenvalue weighted by molar-refractivity contribution is -0.130. The molecular formula is C24H27N3O5S. The van der Waals surface area contributed by atoms with Crippen molar-refractivity contribution in [2.45, 2.75) is 32.9 Å². The Hall–Kier alpha value is -3.46. The largest absolute Gasteiger partial charge is 0.497 e. The summed E-state index contributed by atoms with van der Waals surface area (Å²) < 4.78 is 10.2. The molecule has 9 heteroatoms. The number of benzene rings is 2. The third-order valence-electron chi connectivity index (χ3n) is 5.29. The van der Waals surface area contributed by atoms with Crippen molar-refractivity contribution in [2.75, 3.05) is 25.6 Å². The standard InChI is InChI=1S/C24H27N3O5S/c1-4-26-22(29)20(27(24(26)33)15-16-6-12-19(31-3)13-7-16)14-21(28)25-18-10-8-17(9-11-18)23(30)32-5-2/h6-13,20H,4-5,14-15H2,1-3H3,(H,25,28)/t20-/m1/s1. The maximum Gasteiger partial charge on any atom is 0.338 e. The third kappa shape index (κ3) is 5.67.